The number of carbonyl (C=O) groups is 1. The molecule has 8 nitrogen and oxygen atoms in total. The molecule has 8 heteroatoms. The molecule has 1 aromatic heterocycles. The minimum Gasteiger partial charge on any atom is -0.373 e. The highest BCUT2D eigenvalue weighted by Crippen LogP contribution is 2.29. The highest BCUT2D eigenvalue weighted by molar-refractivity contribution is 5.98. The van der Waals surface area contributed by atoms with Crippen LogP contribution in [0.2, 0.25) is 0 Å². The lowest BCUT2D eigenvalue weighted by Gasteiger charge is -2.32. The molecule has 112 valence electrons. The lowest BCUT2D eigenvalue weighted by Crippen LogP contribution is -2.46. The van der Waals surface area contributed by atoms with Crippen LogP contribution < -0.4 is 5.32 Å². The number of likely N-dealkylation sites (tertiary alicyclic amines) is 1. The van der Waals surface area contributed by atoms with Crippen LogP contribution in [0.4, 0.5) is 11.5 Å². The van der Waals surface area contributed by atoms with Crippen molar-refractivity contribution in [1.82, 2.24) is 9.88 Å². The first-order valence-electron chi connectivity index (χ1n) is 6.85. The molecule has 2 unspecified atom stereocenters. The van der Waals surface area contributed by atoms with Gasteiger partial charge in [-0.3, -0.25) is 14.9 Å². The average Bonchev–Trinajstić information content (AvgIpc) is 2.84. The topological polar surface area (TPSA) is 97.6 Å². The van der Waals surface area contributed by atoms with Crippen LogP contribution in [0.25, 0.3) is 0 Å². The molecule has 2 atom stereocenters. The normalized spacial score (nSPS) is 24.0. The van der Waals surface area contributed by atoms with Gasteiger partial charge in [-0.2, -0.15) is 0 Å². The molecule has 2 bridgehead atoms. The van der Waals surface area contributed by atoms with Gasteiger partial charge in [0.25, 0.3) is 11.6 Å². The number of hydrogen-bond donors (Lipinski definition) is 1. The molecule has 0 saturated carbocycles. The van der Waals surface area contributed by atoms with Crippen molar-refractivity contribution in [3.63, 3.8) is 0 Å². The maximum atomic E-state index is 12.6. The summed E-state index contributed by atoms with van der Waals surface area (Å²) in [6, 6.07) is 1.43. The number of rotatable bonds is 3. The summed E-state index contributed by atoms with van der Waals surface area (Å²) in [4.78, 5) is 28.7. The number of ether oxygens (including phenoxy) is 1. The Morgan fingerprint density at radius 3 is 2.71 bits per heavy atom. The van der Waals surface area contributed by atoms with E-state index in [0.29, 0.717) is 18.9 Å². The van der Waals surface area contributed by atoms with Gasteiger partial charge in [0.2, 0.25) is 0 Å². The highest BCUT2D eigenvalue weighted by Gasteiger charge is 2.37. The van der Waals surface area contributed by atoms with Crippen LogP contribution in [0.1, 0.15) is 23.2 Å². The van der Waals surface area contributed by atoms with Crippen molar-refractivity contribution in [1.29, 1.82) is 0 Å². The molecule has 2 aliphatic rings. The van der Waals surface area contributed by atoms with Crippen molar-refractivity contribution in [2.24, 2.45) is 0 Å². The maximum Gasteiger partial charge on any atom is 0.300 e. The van der Waals surface area contributed by atoms with Crippen molar-refractivity contribution in [2.45, 2.75) is 25.0 Å². The van der Waals surface area contributed by atoms with E-state index >= 15 is 0 Å². The second kappa shape index (κ2) is 5.28. The first-order valence-corrected chi connectivity index (χ1v) is 6.85. The number of fused-ring (bicyclic) bond motifs is 2. The predicted octanol–water partition coefficient (Wildman–Crippen LogP) is 1.03. The van der Waals surface area contributed by atoms with Gasteiger partial charge in [0.15, 0.2) is 0 Å². The summed E-state index contributed by atoms with van der Waals surface area (Å²) in [6.07, 6.45) is 3.10. The molecule has 1 N–H and O–H groups in total. The number of nitrogens with one attached hydrogen (secondary N) is 1. The van der Waals surface area contributed by atoms with Crippen molar-refractivity contribution in [2.75, 3.05) is 25.5 Å². The molecule has 2 aliphatic heterocycles. The van der Waals surface area contributed by atoms with E-state index in [-0.39, 0.29) is 29.4 Å². The minimum atomic E-state index is -0.575. The molecule has 1 aromatic rings. The van der Waals surface area contributed by atoms with Crippen LogP contribution in [0.15, 0.2) is 12.3 Å². The molecule has 21 heavy (non-hydrogen) atoms. The number of amides is 1. The van der Waals surface area contributed by atoms with E-state index in [1.807, 2.05) is 0 Å². The van der Waals surface area contributed by atoms with Crippen molar-refractivity contribution < 1.29 is 14.5 Å². The van der Waals surface area contributed by atoms with Gasteiger partial charge >= 0.3 is 0 Å². The summed E-state index contributed by atoms with van der Waals surface area (Å²) >= 11 is 0. The summed E-state index contributed by atoms with van der Waals surface area (Å²) in [5, 5.41) is 13.9. The van der Waals surface area contributed by atoms with Crippen molar-refractivity contribution >= 4 is 17.4 Å². The fraction of sp³-hybridized carbons (Fsp3) is 0.538. The molecule has 0 radical (unpaired) electrons. The summed E-state index contributed by atoms with van der Waals surface area (Å²) in [5.74, 6) is 0.0981. The van der Waals surface area contributed by atoms with Gasteiger partial charge < -0.3 is 15.0 Å². The van der Waals surface area contributed by atoms with Gasteiger partial charge in [0.05, 0.1) is 17.1 Å². The maximum absolute atomic E-state index is 12.6. The third kappa shape index (κ3) is 2.54. The average molecular weight is 292 g/mol. The first-order chi connectivity index (χ1) is 10.1. The largest absolute Gasteiger partial charge is 0.373 e. The van der Waals surface area contributed by atoms with E-state index in [1.165, 1.54) is 6.07 Å². The van der Waals surface area contributed by atoms with Gasteiger partial charge in [0, 0.05) is 26.2 Å². The second-order valence-corrected chi connectivity index (χ2v) is 5.26. The Balaban J connectivity index is 1.91. The van der Waals surface area contributed by atoms with Crippen LogP contribution in [-0.2, 0) is 4.74 Å². The van der Waals surface area contributed by atoms with E-state index in [4.69, 9.17) is 4.74 Å². The molecular formula is C13H16N4O4. The van der Waals surface area contributed by atoms with E-state index in [9.17, 15) is 14.9 Å². The molecule has 0 aliphatic carbocycles. The highest BCUT2D eigenvalue weighted by atomic mass is 16.6. The van der Waals surface area contributed by atoms with Crippen LogP contribution in [-0.4, -0.2) is 53.1 Å². The minimum absolute atomic E-state index is 0.0531. The lowest BCUT2D eigenvalue weighted by molar-refractivity contribution is -0.385. The van der Waals surface area contributed by atoms with E-state index in [2.05, 4.69) is 10.3 Å². The zero-order valence-electron chi connectivity index (χ0n) is 11.6. The summed E-state index contributed by atoms with van der Waals surface area (Å²) in [6.45, 7) is 0.980. The Hall–Kier alpha value is -2.22. The third-order valence-corrected chi connectivity index (χ3v) is 3.90. The summed E-state index contributed by atoms with van der Waals surface area (Å²) in [7, 11) is 1.65. The Morgan fingerprint density at radius 2 is 2.14 bits per heavy atom. The molecule has 0 spiro atoms. The standard InChI is InChI=1S/C13H16N4O4/c1-14-12-4-10(11(5-15-12)17(19)20)13(18)16-6-8-2-3-9(7-16)21-8/h4-5,8-9H,2-3,6-7H2,1H3,(H,14,15). The number of pyridine rings is 1. The number of nitro groups is 1. The Morgan fingerprint density at radius 1 is 1.48 bits per heavy atom. The van der Waals surface area contributed by atoms with Crippen molar-refractivity contribution in [3.05, 3.63) is 27.9 Å². The van der Waals surface area contributed by atoms with Gasteiger partial charge in [-0.05, 0) is 12.8 Å². The molecule has 0 aromatic carbocycles. The molecule has 3 rings (SSSR count). The Bertz CT molecular complexity index is 580. The fourth-order valence-corrected chi connectivity index (χ4v) is 2.85. The number of morpholine rings is 1. The van der Waals surface area contributed by atoms with Gasteiger partial charge in [-0.1, -0.05) is 0 Å². The smallest absolute Gasteiger partial charge is 0.300 e. The number of anilines is 1. The molecule has 3 heterocycles. The lowest BCUT2D eigenvalue weighted by atomic mass is 10.1. The Labute approximate surface area is 121 Å². The number of hydrogen-bond acceptors (Lipinski definition) is 6. The molecule has 2 saturated heterocycles. The van der Waals surface area contributed by atoms with Crippen LogP contribution in [0.3, 0.4) is 0 Å². The van der Waals surface area contributed by atoms with E-state index in [0.717, 1.165) is 19.0 Å². The first kappa shape index (κ1) is 13.7. The molecular weight excluding hydrogens is 276 g/mol. The second-order valence-electron chi connectivity index (χ2n) is 5.26. The van der Waals surface area contributed by atoms with Gasteiger partial charge in [-0.25, -0.2) is 4.98 Å². The number of aromatic nitrogens is 1. The summed E-state index contributed by atoms with van der Waals surface area (Å²) < 4.78 is 5.68. The van der Waals surface area contributed by atoms with Crippen LogP contribution in [0.5, 0.6) is 0 Å². The zero-order valence-corrected chi connectivity index (χ0v) is 11.6. The number of nitrogens with zero attached hydrogens (tertiary/aromatic N) is 3. The van der Waals surface area contributed by atoms with Crippen LogP contribution >= 0.6 is 0 Å². The van der Waals surface area contributed by atoms with E-state index in [1.54, 1.807) is 11.9 Å². The van der Waals surface area contributed by atoms with Crippen LogP contribution in [0, 0.1) is 10.1 Å². The van der Waals surface area contributed by atoms with Gasteiger partial charge in [-0.15, -0.1) is 0 Å². The predicted molar refractivity (Wildman–Crippen MR) is 74.2 cm³/mol. The SMILES string of the molecule is CNc1cc(C(=O)N2CC3CCC(C2)O3)c([N+](=O)[O-])cn1. The monoisotopic (exact) mass is 292 g/mol. The van der Waals surface area contributed by atoms with Crippen molar-refractivity contribution in [3.8, 4) is 0 Å². The fourth-order valence-electron chi connectivity index (χ4n) is 2.85. The number of carbonyl (C=O) groups excluding carboxylic acids is 1. The zero-order chi connectivity index (χ0) is 15.0. The molecule has 2 fully saturated rings. The Kier molecular flexibility index (Phi) is 3.46. The van der Waals surface area contributed by atoms with E-state index < -0.39 is 4.92 Å². The summed E-state index contributed by atoms with van der Waals surface area (Å²) in [5.41, 5.74) is -0.196. The molecule has 1 amide bonds. The quantitative estimate of drug-likeness (QED) is 0.660. The third-order valence-electron chi connectivity index (χ3n) is 3.90. The van der Waals surface area contributed by atoms with Gasteiger partial charge in [0.1, 0.15) is 17.6 Å².